The van der Waals surface area contributed by atoms with Gasteiger partial charge in [-0.3, -0.25) is 19.3 Å². The molecule has 10 heteroatoms. The third kappa shape index (κ3) is 4.62. The van der Waals surface area contributed by atoms with Crippen molar-refractivity contribution in [1.29, 1.82) is 0 Å². The number of methoxy groups -OCH3 is 1. The van der Waals surface area contributed by atoms with Crippen LogP contribution in [0.25, 0.3) is 10.2 Å². The molecule has 3 aromatic rings. The maximum Gasteiger partial charge on any atom is 0.337 e. The van der Waals surface area contributed by atoms with Gasteiger partial charge in [0.1, 0.15) is 0 Å². The van der Waals surface area contributed by atoms with Crippen LogP contribution in [-0.2, 0) is 20.9 Å². The molecule has 1 aliphatic rings. The van der Waals surface area contributed by atoms with E-state index in [0.717, 1.165) is 20.9 Å². The number of hydrogen-bond acceptors (Lipinski definition) is 7. The molecular weight excluding hydrogens is 462 g/mol. The minimum Gasteiger partial charge on any atom is -0.465 e. The molecule has 170 valence electrons. The minimum absolute atomic E-state index is 0.203. The van der Waals surface area contributed by atoms with E-state index in [1.54, 1.807) is 48.2 Å². The average Bonchev–Trinajstić information content (AvgIpc) is 3.34. The monoisotopic (exact) mass is 483 g/mol. The summed E-state index contributed by atoms with van der Waals surface area (Å²) in [7, 11) is 1.33. The van der Waals surface area contributed by atoms with Crippen LogP contribution in [0.2, 0.25) is 0 Å². The summed E-state index contributed by atoms with van der Waals surface area (Å²) in [6.45, 7) is 0.656. The zero-order valence-corrected chi connectivity index (χ0v) is 19.7. The Morgan fingerprint density at radius 1 is 1.06 bits per heavy atom. The number of amides is 3. The Kier molecular flexibility index (Phi) is 6.75. The first kappa shape index (κ1) is 22.9. The van der Waals surface area contributed by atoms with Crippen LogP contribution in [0.5, 0.6) is 0 Å². The highest BCUT2D eigenvalue weighted by molar-refractivity contribution is 7.98. The van der Waals surface area contributed by atoms with Crippen molar-refractivity contribution < 1.29 is 23.9 Å². The Morgan fingerprint density at radius 2 is 1.73 bits per heavy atom. The van der Waals surface area contributed by atoms with Crippen molar-refractivity contribution in [2.24, 2.45) is 4.99 Å². The molecule has 0 radical (unpaired) electrons. The van der Waals surface area contributed by atoms with Gasteiger partial charge in [-0.25, -0.2) is 4.79 Å². The van der Waals surface area contributed by atoms with Crippen molar-refractivity contribution in [3.63, 3.8) is 0 Å². The fourth-order valence-electron chi connectivity index (χ4n) is 3.57. The van der Waals surface area contributed by atoms with E-state index in [0.29, 0.717) is 28.2 Å². The topological polar surface area (TPSA) is 98.0 Å². The van der Waals surface area contributed by atoms with Crippen LogP contribution in [0.1, 0.15) is 33.6 Å². The number of nitrogens with zero attached hydrogens (tertiary/aromatic N) is 3. The number of aromatic nitrogens is 1. The Hall–Kier alpha value is -3.24. The second-order valence-electron chi connectivity index (χ2n) is 7.29. The number of carbonyl (C=O) groups excluding carboxylic acids is 4. The van der Waals surface area contributed by atoms with Gasteiger partial charge in [-0.15, -0.1) is 0 Å². The Morgan fingerprint density at radius 3 is 2.36 bits per heavy atom. The second-order valence-corrected chi connectivity index (χ2v) is 9.28. The number of rotatable bonds is 6. The molecule has 0 bridgehead atoms. The maximum absolute atomic E-state index is 12.9. The summed E-state index contributed by atoms with van der Waals surface area (Å²) in [6.07, 6.45) is 2.41. The van der Waals surface area contributed by atoms with Gasteiger partial charge in [0.25, 0.3) is 5.91 Å². The zero-order chi connectivity index (χ0) is 23.5. The minimum atomic E-state index is -0.432. The number of imide groups is 1. The van der Waals surface area contributed by atoms with Crippen LogP contribution < -0.4 is 9.70 Å². The molecule has 1 fully saturated rings. The predicted octanol–water partition coefficient (Wildman–Crippen LogP) is 3.25. The molecule has 8 nitrogen and oxygen atoms in total. The quantitative estimate of drug-likeness (QED) is 0.394. The normalized spacial score (nSPS) is 14.4. The molecule has 0 N–H and O–H groups in total. The van der Waals surface area contributed by atoms with E-state index in [1.807, 2.05) is 16.9 Å². The summed E-state index contributed by atoms with van der Waals surface area (Å²) >= 11 is 3.01. The van der Waals surface area contributed by atoms with Gasteiger partial charge in [0.05, 0.1) is 28.6 Å². The SMILES string of the molecule is COC(=O)c1ccc2c(c1)sc(=NC(=O)c1ccc(N3C(=O)CCC3=O)cc1)n2CCSC. The summed E-state index contributed by atoms with van der Waals surface area (Å²) in [5.74, 6) is -0.507. The van der Waals surface area contributed by atoms with Crippen LogP contribution >= 0.6 is 23.1 Å². The van der Waals surface area contributed by atoms with E-state index < -0.39 is 11.9 Å². The number of fused-ring (bicyclic) bond motifs is 1. The lowest BCUT2D eigenvalue weighted by Gasteiger charge is -2.13. The molecule has 0 aliphatic carbocycles. The standard InChI is InChI=1S/C23H21N3O5S2/c1-31-22(30)15-5-8-17-18(13-15)33-23(25(17)11-12-32-2)24-21(29)14-3-6-16(7-4-14)26-19(27)9-10-20(26)28/h3-8,13H,9-12H2,1-2H3. The Labute approximate surface area is 197 Å². The number of aryl methyl sites for hydroxylation is 1. The molecule has 33 heavy (non-hydrogen) atoms. The summed E-state index contributed by atoms with van der Waals surface area (Å²) in [6, 6.07) is 11.6. The lowest BCUT2D eigenvalue weighted by Crippen LogP contribution is -2.28. The molecule has 0 atom stereocenters. The van der Waals surface area contributed by atoms with Crippen LogP contribution in [0, 0.1) is 0 Å². The number of anilines is 1. The van der Waals surface area contributed by atoms with Gasteiger partial charge >= 0.3 is 5.97 Å². The van der Waals surface area contributed by atoms with E-state index in [4.69, 9.17) is 4.74 Å². The summed E-state index contributed by atoms with van der Waals surface area (Å²) in [5.41, 5.74) is 2.12. The molecule has 1 aliphatic heterocycles. The molecule has 2 aromatic carbocycles. The molecule has 4 rings (SSSR count). The van der Waals surface area contributed by atoms with Crippen molar-refractivity contribution in [1.82, 2.24) is 4.57 Å². The molecule has 1 saturated heterocycles. The van der Waals surface area contributed by atoms with Gasteiger partial charge in [-0.2, -0.15) is 16.8 Å². The van der Waals surface area contributed by atoms with Gasteiger partial charge in [-0.1, -0.05) is 11.3 Å². The van der Waals surface area contributed by atoms with Gasteiger partial charge in [0, 0.05) is 30.7 Å². The highest BCUT2D eigenvalue weighted by atomic mass is 32.2. The first-order valence-electron chi connectivity index (χ1n) is 10.2. The number of benzene rings is 2. The van der Waals surface area contributed by atoms with Crippen molar-refractivity contribution in [2.75, 3.05) is 24.0 Å². The molecule has 0 saturated carbocycles. The molecule has 3 amide bonds. The smallest absolute Gasteiger partial charge is 0.337 e. The number of thioether (sulfide) groups is 1. The number of ether oxygens (including phenoxy) is 1. The van der Waals surface area contributed by atoms with Crippen molar-refractivity contribution in [2.45, 2.75) is 19.4 Å². The summed E-state index contributed by atoms with van der Waals surface area (Å²) in [4.78, 5) is 54.7. The summed E-state index contributed by atoms with van der Waals surface area (Å²) < 4.78 is 7.59. The molecule has 2 heterocycles. The maximum atomic E-state index is 12.9. The lowest BCUT2D eigenvalue weighted by atomic mass is 10.2. The van der Waals surface area contributed by atoms with Crippen LogP contribution in [0.3, 0.4) is 0 Å². The van der Waals surface area contributed by atoms with Crippen molar-refractivity contribution >= 4 is 62.7 Å². The number of hydrogen-bond donors (Lipinski definition) is 0. The highest BCUT2D eigenvalue weighted by Gasteiger charge is 2.30. The number of thiazole rings is 1. The number of esters is 1. The Bertz CT molecular complexity index is 1310. The van der Waals surface area contributed by atoms with Gasteiger partial charge in [0.2, 0.25) is 11.8 Å². The highest BCUT2D eigenvalue weighted by Crippen LogP contribution is 2.23. The van der Waals surface area contributed by atoms with E-state index >= 15 is 0 Å². The zero-order valence-electron chi connectivity index (χ0n) is 18.1. The van der Waals surface area contributed by atoms with Gasteiger partial charge in [-0.05, 0) is 48.7 Å². The van der Waals surface area contributed by atoms with Crippen LogP contribution in [0.15, 0.2) is 47.5 Å². The third-order valence-corrected chi connectivity index (χ3v) is 6.88. The predicted molar refractivity (Wildman–Crippen MR) is 128 cm³/mol. The first-order chi connectivity index (χ1) is 15.9. The van der Waals surface area contributed by atoms with E-state index in [9.17, 15) is 19.2 Å². The molecule has 0 unspecified atom stereocenters. The van der Waals surface area contributed by atoms with E-state index in [1.165, 1.54) is 18.4 Å². The summed E-state index contributed by atoms with van der Waals surface area (Å²) in [5, 5.41) is 0. The molecule has 0 spiro atoms. The third-order valence-electron chi connectivity index (χ3n) is 5.24. The average molecular weight is 484 g/mol. The number of carbonyl (C=O) groups is 4. The van der Waals surface area contributed by atoms with Gasteiger partial charge < -0.3 is 9.30 Å². The molecule has 1 aromatic heterocycles. The Balaban J connectivity index is 1.69. The fraction of sp³-hybridized carbons (Fsp3) is 0.261. The van der Waals surface area contributed by atoms with Crippen LogP contribution in [-0.4, -0.2) is 47.4 Å². The van der Waals surface area contributed by atoms with Crippen molar-refractivity contribution in [3.05, 3.63) is 58.4 Å². The molecular formula is C23H21N3O5S2. The van der Waals surface area contributed by atoms with Gasteiger partial charge in [0.15, 0.2) is 4.80 Å². The van der Waals surface area contributed by atoms with Crippen molar-refractivity contribution in [3.8, 4) is 0 Å². The fourth-order valence-corrected chi connectivity index (χ4v) is 5.03. The van der Waals surface area contributed by atoms with E-state index in [2.05, 4.69) is 4.99 Å². The first-order valence-corrected chi connectivity index (χ1v) is 12.4. The second kappa shape index (κ2) is 9.72. The lowest BCUT2D eigenvalue weighted by molar-refractivity contribution is -0.121. The van der Waals surface area contributed by atoms with E-state index in [-0.39, 0.29) is 24.7 Å². The largest absolute Gasteiger partial charge is 0.465 e. The van der Waals surface area contributed by atoms with Crippen LogP contribution in [0.4, 0.5) is 5.69 Å².